The van der Waals surface area contributed by atoms with Crippen LogP contribution in [0.25, 0.3) is 0 Å². The minimum absolute atomic E-state index is 0.522. The molecule has 0 aromatic heterocycles. The maximum absolute atomic E-state index is 12.3. The van der Waals surface area contributed by atoms with Gasteiger partial charge in [-0.15, -0.1) is 0 Å². The highest BCUT2D eigenvalue weighted by atomic mass is 19.1. The van der Waals surface area contributed by atoms with Crippen LogP contribution in [-0.2, 0) is 0 Å². The van der Waals surface area contributed by atoms with Gasteiger partial charge in [-0.05, 0) is 33.5 Å². The number of likely N-dealkylation sites (N-methyl/N-ethyl adjacent to an activating group) is 2. The summed E-state index contributed by atoms with van der Waals surface area (Å²) in [6.45, 7) is 22.3. The standard InChI is InChI=1S/C7H16N2.C6H12FN.3C2H6/c1-3-9-6-4-8(2)5-7-9;1-8-4-2-6(7)3-5-8;3*1-2/h3-7H2,1-2H3;6H,2-5H2,1H3;3*1-2H3. The molecule has 0 spiro atoms. The monoisotopic (exact) mass is 335 g/mol. The summed E-state index contributed by atoms with van der Waals surface area (Å²) < 4.78 is 12.3. The van der Waals surface area contributed by atoms with Crippen molar-refractivity contribution in [2.45, 2.75) is 67.5 Å². The van der Waals surface area contributed by atoms with Crippen molar-refractivity contribution in [3.05, 3.63) is 0 Å². The summed E-state index contributed by atoms with van der Waals surface area (Å²) in [5, 5.41) is 0. The summed E-state index contributed by atoms with van der Waals surface area (Å²) in [5.74, 6) is 0. The highest BCUT2D eigenvalue weighted by Crippen LogP contribution is 2.10. The first-order chi connectivity index (χ1) is 11.1. The normalized spacial score (nSPS) is 19.6. The Balaban J connectivity index is -0.000000264. The van der Waals surface area contributed by atoms with Gasteiger partial charge in [0.05, 0.1) is 0 Å². The second kappa shape index (κ2) is 21.8. The van der Waals surface area contributed by atoms with Crippen LogP contribution in [0.2, 0.25) is 0 Å². The molecule has 2 aliphatic rings. The zero-order valence-electron chi connectivity index (χ0n) is 17.7. The van der Waals surface area contributed by atoms with E-state index in [0.29, 0.717) is 0 Å². The van der Waals surface area contributed by atoms with E-state index in [1.807, 2.05) is 48.6 Å². The lowest BCUT2D eigenvalue weighted by Gasteiger charge is -2.31. The van der Waals surface area contributed by atoms with E-state index in [-0.39, 0.29) is 0 Å². The van der Waals surface area contributed by atoms with E-state index in [1.165, 1.54) is 32.7 Å². The van der Waals surface area contributed by atoms with Crippen molar-refractivity contribution < 1.29 is 4.39 Å². The van der Waals surface area contributed by atoms with Crippen LogP contribution in [0, 0.1) is 0 Å². The van der Waals surface area contributed by atoms with E-state index in [0.717, 1.165) is 25.9 Å². The zero-order chi connectivity index (χ0) is 18.7. The van der Waals surface area contributed by atoms with Crippen LogP contribution in [0.4, 0.5) is 4.39 Å². The van der Waals surface area contributed by atoms with Crippen LogP contribution in [0.15, 0.2) is 0 Å². The molecule has 4 heteroatoms. The van der Waals surface area contributed by atoms with Crippen molar-refractivity contribution in [2.75, 3.05) is 59.9 Å². The molecule has 0 aromatic rings. The lowest BCUT2D eigenvalue weighted by atomic mass is 10.1. The van der Waals surface area contributed by atoms with Gasteiger partial charge in [0.25, 0.3) is 0 Å². The largest absolute Gasteiger partial charge is 0.306 e. The maximum Gasteiger partial charge on any atom is 0.103 e. The summed E-state index contributed by atoms with van der Waals surface area (Å²) in [7, 11) is 4.22. The van der Waals surface area contributed by atoms with E-state index >= 15 is 0 Å². The molecule has 0 radical (unpaired) electrons. The number of hydrogen-bond donors (Lipinski definition) is 0. The molecule has 2 rings (SSSR count). The van der Waals surface area contributed by atoms with Crippen LogP contribution in [0.3, 0.4) is 0 Å². The summed E-state index contributed by atoms with van der Waals surface area (Å²) in [6, 6.07) is 0. The molecule has 0 amide bonds. The molecule has 0 aromatic carbocycles. The molecule has 0 atom stereocenters. The minimum Gasteiger partial charge on any atom is -0.306 e. The fraction of sp³-hybridized carbons (Fsp3) is 1.00. The zero-order valence-corrected chi connectivity index (χ0v) is 17.7. The van der Waals surface area contributed by atoms with Crippen molar-refractivity contribution in [2.24, 2.45) is 0 Å². The van der Waals surface area contributed by atoms with Gasteiger partial charge in [-0.25, -0.2) is 4.39 Å². The molecular weight excluding hydrogens is 289 g/mol. The molecule has 0 saturated carbocycles. The van der Waals surface area contributed by atoms with Crippen LogP contribution >= 0.6 is 0 Å². The van der Waals surface area contributed by atoms with Crippen molar-refractivity contribution in [1.82, 2.24) is 14.7 Å². The van der Waals surface area contributed by atoms with Crippen molar-refractivity contribution in [3.8, 4) is 0 Å². The van der Waals surface area contributed by atoms with Gasteiger partial charge in [-0.3, -0.25) is 0 Å². The van der Waals surface area contributed by atoms with Gasteiger partial charge < -0.3 is 14.7 Å². The van der Waals surface area contributed by atoms with Gasteiger partial charge in [0.2, 0.25) is 0 Å². The summed E-state index contributed by atoms with van der Waals surface area (Å²) in [4.78, 5) is 7.03. The predicted molar refractivity (Wildman–Crippen MR) is 105 cm³/mol. The lowest BCUT2D eigenvalue weighted by molar-refractivity contribution is 0.160. The molecule has 3 nitrogen and oxygen atoms in total. The molecule has 23 heavy (non-hydrogen) atoms. The van der Waals surface area contributed by atoms with E-state index in [2.05, 4.69) is 28.7 Å². The van der Waals surface area contributed by atoms with E-state index in [4.69, 9.17) is 0 Å². The highest BCUT2D eigenvalue weighted by Gasteiger charge is 2.14. The second-order valence-corrected chi connectivity index (χ2v) is 5.22. The molecule has 2 aliphatic heterocycles. The maximum atomic E-state index is 12.3. The molecule has 2 saturated heterocycles. The number of rotatable bonds is 1. The first kappa shape index (κ1) is 27.6. The lowest BCUT2D eigenvalue weighted by Crippen LogP contribution is -2.44. The molecule has 2 heterocycles. The third-order valence-electron chi connectivity index (χ3n) is 3.69. The molecule has 0 N–H and O–H groups in total. The Morgan fingerprint density at radius 3 is 1.35 bits per heavy atom. The number of hydrogen-bond acceptors (Lipinski definition) is 3. The number of halogens is 1. The Hall–Kier alpha value is -0.190. The van der Waals surface area contributed by atoms with Crippen LogP contribution < -0.4 is 0 Å². The Labute approximate surface area is 147 Å². The molecule has 144 valence electrons. The Kier molecular flexibility index (Phi) is 26.2. The molecule has 2 fully saturated rings. The molecular formula is C19H46FN3. The van der Waals surface area contributed by atoms with Gasteiger partial charge in [0.15, 0.2) is 0 Å². The third kappa shape index (κ3) is 18.0. The Bertz CT molecular complexity index is 177. The van der Waals surface area contributed by atoms with Crippen molar-refractivity contribution >= 4 is 0 Å². The number of piperazine rings is 1. The molecule has 0 unspecified atom stereocenters. The Morgan fingerprint density at radius 1 is 0.696 bits per heavy atom. The molecule has 0 bridgehead atoms. The minimum atomic E-state index is -0.522. The quantitative estimate of drug-likeness (QED) is 0.704. The first-order valence-corrected chi connectivity index (χ1v) is 9.85. The summed E-state index contributed by atoms with van der Waals surface area (Å²) >= 11 is 0. The van der Waals surface area contributed by atoms with E-state index in [9.17, 15) is 4.39 Å². The molecule has 0 aliphatic carbocycles. The fourth-order valence-electron chi connectivity index (χ4n) is 2.14. The van der Waals surface area contributed by atoms with Crippen LogP contribution in [0.1, 0.15) is 61.3 Å². The number of likely N-dealkylation sites (tertiary alicyclic amines) is 1. The SMILES string of the molecule is CC.CC.CC.CCN1CCN(C)CC1.CN1CCC(F)CC1. The van der Waals surface area contributed by atoms with Crippen molar-refractivity contribution in [3.63, 3.8) is 0 Å². The van der Waals surface area contributed by atoms with E-state index < -0.39 is 6.17 Å². The predicted octanol–water partition coefficient (Wildman–Crippen LogP) is 4.38. The summed E-state index contributed by atoms with van der Waals surface area (Å²) in [6.07, 6.45) is 0.943. The van der Waals surface area contributed by atoms with Gasteiger partial charge in [-0.2, -0.15) is 0 Å². The number of piperidine rings is 1. The van der Waals surface area contributed by atoms with Gasteiger partial charge in [0, 0.05) is 39.3 Å². The average molecular weight is 336 g/mol. The average Bonchev–Trinajstić information content (AvgIpc) is 2.64. The van der Waals surface area contributed by atoms with E-state index in [1.54, 1.807) is 0 Å². The van der Waals surface area contributed by atoms with Gasteiger partial charge in [0.1, 0.15) is 6.17 Å². The third-order valence-corrected chi connectivity index (χ3v) is 3.69. The van der Waals surface area contributed by atoms with Gasteiger partial charge >= 0.3 is 0 Å². The topological polar surface area (TPSA) is 9.72 Å². The van der Waals surface area contributed by atoms with Crippen LogP contribution in [-0.4, -0.2) is 80.8 Å². The Morgan fingerprint density at radius 2 is 1.04 bits per heavy atom. The van der Waals surface area contributed by atoms with Gasteiger partial charge in [-0.1, -0.05) is 48.5 Å². The van der Waals surface area contributed by atoms with Crippen molar-refractivity contribution in [1.29, 1.82) is 0 Å². The van der Waals surface area contributed by atoms with Crippen LogP contribution in [0.5, 0.6) is 0 Å². The second-order valence-electron chi connectivity index (χ2n) is 5.22. The smallest absolute Gasteiger partial charge is 0.103 e. The highest BCUT2D eigenvalue weighted by molar-refractivity contribution is 4.68. The number of alkyl halides is 1. The fourth-order valence-corrected chi connectivity index (χ4v) is 2.14. The number of nitrogens with zero attached hydrogens (tertiary/aromatic N) is 3. The first-order valence-electron chi connectivity index (χ1n) is 9.85. The summed E-state index contributed by atoms with van der Waals surface area (Å²) in [5.41, 5.74) is 0.